The lowest BCUT2D eigenvalue weighted by Crippen LogP contribution is -2.28. The highest BCUT2D eigenvalue weighted by molar-refractivity contribution is 6.01. The van der Waals surface area contributed by atoms with Crippen molar-refractivity contribution in [2.45, 2.75) is 53.5 Å². The molecule has 3 rings (SSSR count). The predicted molar refractivity (Wildman–Crippen MR) is 117 cm³/mol. The molecule has 0 amide bonds. The van der Waals surface area contributed by atoms with Crippen LogP contribution in [0, 0.1) is 11.3 Å². The molecule has 1 aromatic carbocycles. The second kappa shape index (κ2) is 9.74. The number of hydrogen-bond donors (Lipinski definition) is 2. The first-order valence-corrected chi connectivity index (χ1v) is 9.86. The van der Waals surface area contributed by atoms with Crippen molar-refractivity contribution in [3.05, 3.63) is 71.3 Å². The Bertz CT molecular complexity index is 958. The lowest BCUT2D eigenvalue weighted by atomic mass is 9.80. The molecule has 1 aliphatic rings. The number of aromatic nitrogens is 2. The first kappa shape index (κ1) is 22.0. The summed E-state index contributed by atoms with van der Waals surface area (Å²) in [6.07, 6.45) is 5.34. The smallest absolute Gasteiger partial charge is 0.203 e. The summed E-state index contributed by atoms with van der Waals surface area (Å²) in [7, 11) is 0. The zero-order valence-electron chi connectivity index (χ0n) is 17.9. The van der Waals surface area contributed by atoms with Crippen LogP contribution in [0.5, 0.6) is 0 Å². The molecule has 0 bridgehead atoms. The fourth-order valence-corrected chi connectivity index (χ4v) is 3.45. The Morgan fingerprint density at radius 3 is 2.45 bits per heavy atom. The van der Waals surface area contributed by atoms with Gasteiger partial charge in [-0.15, -0.1) is 0 Å². The van der Waals surface area contributed by atoms with Crippen molar-refractivity contribution in [3.8, 4) is 11.8 Å². The van der Waals surface area contributed by atoms with Gasteiger partial charge in [0.1, 0.15) is 11.6 Å². The minimum Gasteiger partial charge on any atom is -0.494 e. The number of aliphatic hydroxyl groups excluding tert-OH is 1. The molecule has 1 aromatic heterocycles. The predicted octanol–water partition coefficient (Wildman–Crippen LogP) is 5.02. The molecule has 2 N–H and O–H groups in total. The minimum atomic E-state index is -0.365. The van der Waals surface area contributed by atoms with E-state index in [1.807, 2.05) is 76.6 Å². The van der Waals surface area contributed by atoms with E-state index in [2.05, 4.69) is 21.4 Å². The van der Waals surface area contributed by atoms with Gasteiger partial charge >= 0.3 is 0 Å². The summed E-state index contributed by atoms with van der Waals surface area (Å²) in [4.78, 5) is 8.74. The molecular weight excluding hydrogens is 362 g/mol. The van der Waals surface area contributed by atoms with Gasteiger partial charge in [0, 0.05) is 41.1 Å². The average molecular weight is 392 g/mol. The fourth-order valence-electron chi connectivity index (χ4n) is 3.45. The fraction of sp³-hybridized carbons (Fsp3) is 0.348. The van der Waals surface area contributed by atoms with E-state index < -0.39 is 0 Å². The molecule has 0 saturated heterocycles. The maximum Gasteiger partial charge on any atom is 0.203 e. The SMILES string of the molecule is CC.CC(=NC(C)C)C1=C(C)NC(O)=C(C#N)C1c1ccc(-n2ccnc2)cc1. The molecular formula is C23H29N5O. The molecule has 0 aliphatic carbocycles. The zero-order chi connectivity index (χ0) is 21.6. The molecule has 1 unspecified atom stereocenters. The van der Waals surface area contributed by atoms with Crippen molar-refractivity contribution in [3.63, 3.8) is 0 Å². The van der Waals surface area contributed by atoms with Gasteiger partial charge < -0.3 is 15.0 Å². The summed E-state index contributed by atoms with van der Waals surface area (Å²) < 4.78 is 1.91. The lowest BCUT2D eigenvalue weighted by molar-refractivity contribution is 0.364. The summed E-state index contributed by atoms with van der Waals surface area (Å²) in [5.41, 5.74) is 4.79. The molecule has 0 fully saturated rings. The van der Waals surface area contributed by atoms with Gasteiger partial charge in [0.15, 0.2) is 0 Å². The van der Waals surface area contributed by atoms with E-state index in [4.69, 9.17) is 0 Å². The van der Waals surface area contributed by atoms with Crippen molar-refractivity contribution in [2.24, 2.45) is 4.99 Å². The summed E-state index contributed by atoms with van der Waals surface area (Å²) in [5.74, 6) is -0.463. The maximum absolute atomic E-state index is 10.3. The number of nitriles is 1. The Morgan fingerprint density at radius 1 is 1.28 bits per heavy atom. The largest absolute Gasteiger partial charge is 0.494 e. The number of nitrogens with one attached hydrogen (secondary N) is 1. The first-order chi connectivity index (χ1) is 13.9. The standard InChI is InChI=1S/C21H23N5O.C2H6/c1-13(2)24-14(3)19-15(4)25-21(27)18(11-22)20(19)16-5-7-17(8-6-16)26-10-9-23-12-26;1-2/h5-10,12-13,20,25,27H,1-4H3;1-2H3. The first-order valence-electron chi connectivity index (χ1n) is 9.86. The Balaban J connectivity index is 0.00000145. The summed E-state index contributed by atoms with van der Waals surface area (Å²) >= 11 is 0. The molecule has 6 heteroatoms. The summed E-state index contributed by atoms with van der Waals surface area (Å²) in [6.45, 7) is 11.9. The highest BCUT2D eigenvalue weighted by Crippen LogP contribution is 2.38. The van der Waals surface area contributed by atoms with E-state index in [1.54, 1.807) is 12.5 Å². The molecule has 1 aliphatic heterocycles. The van der Waals surface area contributed by atoms with E-state index in [-0.39, 0.29) is 17.8 Å². The van der Waals surface area contributed by atoms with Crippen LogP contribution in [0.25, 0.3) is 5.69 Å². The Hall–Kier alpha value is -3.33. The molecule has 1 atom stereocenters. The number of nitrogens with zero attached hydrogens (tertiary/aromatic N) is 4. The number of rotatable bonds is 4. The quantitative estimate of drug-likeness (QED) is 0.716. The Morgan fingerprint density at radius 2 is 1.93 bits per heavy atom. The Kier molecular flexibility index (Phi) is 7.38. The van der Waals surface area contributed by atoms with E-state index in [9.17, 15) is 10.4 Å². The molecule has 2 heterocycles. The second-order valence-electron chi connectivity index (χ2n) is 6.84. The van der Waals surface area contributed by atoms with Crippen LogP contribution in [0.4, 0.5) is 0 Å². The third-order valence-corrected chi connectivity index (χ3v) is 4.53. The van der Waals surface area contributed by atoms with Crippen molar-refractivity contribution in [1.82, 2.24) is 14.9 Å². The van der Waals surface area contributed by atoms with Gasteiger partial charge in [-0.1, -0.05) is 26.0 Å². The highest BCUT2D eigenvalue weighted by atomic mass is 16.3. The van der Waals surface area contributed by atoms with Crippen LogP contribution in [0.2, 0.25) is 0 Å². The summed E-state index contributed by atoms with van der Waals surface area (Å²) in [6, 6.07) is 10.2. The topological polar surface area (TPSA) is 86.2 Å². The molecule has 6 nitrogen and oxygen atoms in total. The minimum absolute atomic E-state index is 0.0974. The van der Waals surface area contributed by atoms with Gasteiger partial charge in [-0.05, 0) is 45.4 Å². The second-order valence-corrected chi connectivity index (χ2v) is 6.84. The van der Waals surface area contributed by atoms with Gasteiger partial charge in [-0.25, -0.2) is 4.98 Å². The lowest BCUT2D eigenvalue weighted by Gasteiger charge is -2.29. The summed E-state index contributed by atoms with van der Waals surface area (Å²) in [5, 5.41) is 22.9. The van der Waals surface area contributed by atoms with Crippen LogP contribution in [-0.2, 0) is 0 Å². The van der Waals surface area contributed by atoms with Crippen LogP contribution in [-0.4, -0.2) is 26.4 Å². The van der Waals surface area contributed by atoms with E-state index in [0.29, 0.717) is 5.57 Å². The van der Waals surface area contributed by atoms with Gasteiger partial charge in [0.25, 0.3) is 0 Å². The molecule has 0 radical (unpaired) electrons. The number of aliphatic imine (C=N–C) groups is 1. The number of dihydropyridines is 1. The zero-order valence-corrected chi connectivity index (χ0v) is 17.9. The van der Waals surface area contributed by atoms with Crippen molar-refractivity contribution in [2.75, 3.05) is 0 Å². The Labute approximate surface area is 172 Å². The molecule has 152 valence electrons. The number of imidazole rings is 1. The van der Waals surface area contributed by atoms with E-state index in [1.165, 1.54) is 0 Å². The highest BCUT2D eigenvalue weighted by Gasteiger charge is 2.32. The van der Waals surface area contributed by atoms with Gasteiger partial charge in [0.2, 0.25) is 5.88 Å². The van der Waals surface area contributed by atoms with Crippen molar-refractivity contribution in [1.29, 1.82) is 5.26 Å². The van der Waals surface area contributed by atoms with Crippen LogP contribution >= 0.6 is 0 Å². The van der Waals surface area contributed by atoms with E-state index >= 15 is 0 Å². The third-order valence-electron chi connectivity index (χ3n) is 4.53. The monoisotopic (exact) mass is 391 g/mol. The normalized spacial score (nSPS) is 16.9. The number of benzene rings is 1. The molecule has 0 saturated carbocycles. The number of aliphatic hydroxyl groups is 1. The molecule has 29 heavy (non-hydrogen) atoms. The third kappa shape index (κ3) is 4.75. The van der Waals surface area contributed by atoms with Gasteiger partial charge in [-0.3, -0.25) is 4.99 Å². The molecule has 2 aromatic rings. The number of hydrogen-bond acceptors (Lipinski definition) is 5. The maximum atomic E-state index is 10.3. The van der Waals surface area contributed by atoms with Gasteiger partial charge in [-0.2, -0.15) is 5.26 Å². The average Bonchev–Trinajstić information content (AvgIpc) is 3.23. The van der Waals surface area contributed by atoms with Crippen molar-refractivity contribution < 1.29 is 5.11 Å². The van der Waals surface area contributed by atoms with E-state index in [0.717, 1.165) is 28.2 Å². The van der Waals surface area contributed by atoms with Crippen LogP contribution in [0.15, 0.2) is 70.7 Å². The van der Waals surface area contributed by atoms with Crippen LogP contribution in [0.1, 0.15) is 53.0 Å². The van der Waals surface area contributed by atoms with Crippen LogP contribution < -0.4 is 5.32 Å². The number of allylic oxidation sites excluding steroid dienone is 3. The molecule has 0 spiro atoms. The van der Waals surface area contributed by atoms with Gasteiger partial charge in [0.05, 0.1) is 12.2 Å². The van der Waals surface area contributed by atoms with Crippen molar-refractivity contribution >= 4 is 5.71 Å². The van der Waals surface area contributed by atoms with Crippen LogP contribution in [0.3, 0.4) is 0 Å².